The van der Waals surface area contributed by atoms with Gasteiger partial charge in [0.2, 0.25) is 0 Å². The van der Waals surface area contributed by atoms with Crippen molar-refractivity contribution < 1.29 is 37.6 Å². The predicted octanol–water partition coefficient (Wildman–Crippen LogP) is 19.8. The van der Waals surface area contributed by atoms with Crippen LogP contribution in [0.25, 0.3) is 0 Å². The van der Waals surface area contributed by atoms with Crippen LogP contribution in [0.5, 0.6) is 0 Å². The van der Waals surface area contributed by atoms with Gasteiger partial charge in [-0.3, -0.25) is 18.6 Å². The van der Waals surface area contributed by atoms with Crippen molar-refractivity contribution in [1.82, 2.24) is 0 Å². The Bertz CT molecular complexity index is 1890. The second-order valence-corrected chi connectivity index (χ2v) is 20.9. The van der Waals surface area contributed by atoms with Gasteiger partial charge in [0.15, 0.2) is 6.10 Å². The Balaban J connectivity index is 4.08. The van der Waals surface area contributed by atoms with Crippen molar-refractivity contribution in [2.45, 2.75) is 225 Å². The molecule has 0 saturated carbocycles. The molecule has 0 heterocycles. The van der Waals surface area contributed by atoms with Crippen LogP contribution >= 0.6 is 7.82 Å². The van der Waals surface area contributed by atoms with E-state index in [1.165, 1.54) is 32.1 Å². The molecule has 0 spiro atoms. The fourth-order valence-electron chi connectivity index (χ4n) is 7.65. The number of carbonyl (C=O) groups excluding carboxylic acids is 2. The summed E-state index contributed by atoms with van der Waals surface area (Å²) in [4.78, 5) is 35.3. The molecule has 0 aromatic carbocycles. The highest BCUT2D eigenvalue weighted by atomic mass is 31.2. The Morgan fingerprint density at radius 3 is 0.975 bits per heavy atom. The van der Waals surface area contributed by atoms with E-state index in [4.69, 9.17) is 24.3 Å². The summed E-state index contributed by atoms with van der Waals surface area (Å²) in [6.07, 6.45) is 92.6. The van der Waals surface area contributed by atoms with Crippen LogP contribution in [0, 0.1) is 0 Å². The zero-order valence-electron chi connectivity index (χ0n) is 49.5. The Morgan fingerprint density at radius 2 is 0.658 bits per heavy atom. The second-order valence-electron chi connectivity index (χ2n) is 19.5. The average Bonchev–Trinajstić information content (AvgIpc) is 3.44. The SMILES string of the molecule is CC/C=C\C/C=C\C/C=C\C/C=C\C/C=C\C/C=C\C/C=C\CCCCCCCCCCCC(=O)OC(COC(=O)CCCCCCC/C=C\C/C=C\C/C=C\C/C=C\C/C=C\C/C=C\C/C=C\CC)COP(=O)(O)OCCN. The van der Waals surface area contributed by atoms with Crippen LogP contribution in [0.1, 0.15) is 219 Å². The summed E-state index contributed by atoms with van der Waals surface area (Å²) >= 11 is 0. The largest absolute Gasteiger partial charge is 0.472 e. The molecule has 0 aromatic rings. The van der Waals surface area contributed by atoms with Gasteiger partial charge in [-0.25, -0.2) is 4.57 Å². The quantitative estimate of drug-likeness (QED) is 0.0264. The van der Waals surface area contributed by atoms with Gasteiger partial charge in [0, 0.05) is 19.4 Å². The van der Waals surface area contributed by atoms with Gasteiger partial charge in [-0.15, -0.1) is 0 Å². The fourth-order valence-corrected chi connectivity index (χ4v) is 8.42. The number of nitrogens with two attached hydrogens (primary N) is 1. The molecule has 444 valence electrons. The number of phosphoric ester groups is 1. The van der Waals surface area contributed by atoms with Crippen LogP contribution in [0.15, 0.2) is 170 Å². The molecule has 0 amide bonds. The summed E-state index contributed by atoms with van der Waals surface area (Å²) in [5.74, 6) is -0.871. The zero-order valence-corrected chi connectivity index (χ0v) is 50.4. The molecule has 0 fully saturated rings. The third-order valence-electron chi connectivity index (χ3n) is 12.1. The molecule has 0 aliphatic heterocycles. The van der Waals surface area contributed by atoms with E-state index in [1.807, 2.05) is 0 Å². The first-order chi connectivity index (χ1) is 38.8. The lowest BCUT2D eigenvalue weighted by Gasteiger charge is -2.19. The van der Waals surface area contributed by atoms with E-state index in [-0.39, 0.29) is 32.6 Å². The molecule has 0 aliphatic carbocycles. The fraction of sp³-hybridized carbons (Fsp3) is 0.565. The molecule has 0 saturated heterocycles. The highest BCUT2D eigenvalue weighted by Gasteiger charge is 2.26. The van der Waals surface area contributed by atoms with Crippen molar-refractivity contribution in [2.75, 3.05) is 26.4 Å². The summed E-state index contributed by atoms with van der Waals surface area (Å²) in [7, 11) is -4.41. The van der Waals surface area contributed by atoms with Crippen LogP contribution < -0.4 is 5.73 Å². The van der Waals surface area contributed by atoms with Gasteiger partial charge in [-0.1, -0.05) is 248 Å². The van der Waals surface area contributed by atoms with Crippen molar-refractivity contribution in [2.24, 2.45) is 5.73 Å². The Hall–Kier alpha value is -4.63. The normalized spacial score (nSPS) is 14.2. The van der Waals surface area contributed by atoms with Gasteiger partial charge in [-0.05, 0) is 128 Å². The lowest BCUT2D eigenvalue weighted by Crippen LogP contribution is -2.29. The molecular weight excluding hydrogens is 1000 g/mol. The van der Waals surface area contributed by atoms with E-state index in [1.54, 1.807) is 0 Å². The number of ether oxygens (including phenoxy) is 2. The second kappa shape index (κ2) is 62.6. The lowest BCUT2D eigenvalue weighted by atomic mass is 10.1. The topological polar surface area (TPSA) is 134 Å². The monoisotopic (exact) mass is 1110 g/mol. The predicted molar refractivity (Wildman–Crippen MR) is 339 cm³/mol. The van der Waals surface area contributed by atoms with Crippen LogP contribution in [-0.2, 0) is 32.7 Å². The van der Waals surface area contributed by atoms with E-state index < -0.39 is 32.5 Å². The summed E-state index contributed by atoms with van der Waals surface area (Å²) in [6, 6.07) is 0. The number of unbranched alkanes of at least 4 members (excludes halogenated alkanes) is 14. The van der Waals surface area contributed by atoms with E-state index in [0.717, 1.165) is 148 Å². The number of phosphoric acid groups is 1. The van der Waals surface area contributed by atoms with Gasteiger partial charge in [0.25, 0.3) is 0 Å². The Morgan fingerprint density at radius 1 is 0.380 bits per heavy atom. The minimum absolute atomic E-state index is 0.0395. The van der Waals surface area contributed by atoms with Gasteiger partial charge in [-0.2, -0.15) is 0 Å². The maximum Gasteiger partial charge on any atom is 0.472 e. The molecule has 0 bridgehead atoms. The van der Waals surface area contributed by atoms with Crippen molar-refractivity contribution in [3.05, 3.63) is 170 Å². The first-order valence-corrected chi connectivity index (χ1v) is 32.1. The van der Waals surface area contributed by atoms with E-state index >= 15 is 0 Å². The first kappa shape index (κ1) is 74.4. The number of allylic oxidation sites excluding steroid dienone is 28. The molecule has 0 aromatic heterocycles. The molecular formula is C69H110NO8P. The van der Waals surface area contributed by atoms with Gasteiger partial charge in [0.05, 0.1) is 13.2 Å². The van der Waals surface area contributed by atoms with Crippen LogP contribution in [0.2, 0.25) is 0 Å². The third kappa shape index (κ3) is 62.4. The number of hydrogen-bond acceptors (Lipinski definition) is 8. The van der Waals surface area contributed by atoms with E-state index in [9.17, 15) is 19.0 Å². The number of carbonyl (C=O) groups is 2. The van der Waals surface area contributed by atoms with Crippen LogP contribution in [-0.4, -0.2) is 49.3 Å². The highest BCUT2D eigenvalue weighted by Crippen LogP contribution is 2.43. The number of hydrogen-bond donors (Lipinski definition) is 2. The van der Waals surface area contributed by atoms with Gasteiger partial charge >= 0.3 is 19.8 Å². The molecule has 3 N–H and O–H groups in total. The standard InChI is InChI=1S/C69H110NO8P/c1-3-5-7-9-11-13-15-17-19-21-23-25-27-29-31-32-33-34-36-38-40-42-44-46-48-50-52-54-56-58-60-62-69(72)78-67(66-77-79(73,74)76-64-63-70)65-75-68(71)61-59-57-55-53-51-49-47-45-43-41-39-37-35-30-28-26-24-22-20-18-16-14-12-10-8-6-4-2/h5-8,11-14,17-20,23-26,29-31,33-35,38-41,45,47,67H,3-4,9-10,15-16,21-22,27-28,32,36-37,42-44,46,48-66,70H2,1-2H3,(H,73,74)/b7-5-,8-6-,13-11-,14-12-,19-17-,20-18-,25-23-,26-24-,31-29-,34-33-,35-30-,40-38-,41-39-,47-45-. The minimum atomic E-state index is -4.41. The third-order valence-corrected chi connectivity index (χ3v) is 13.1. The molecule has 2 unspecified atom stereocenters. The lowest BCUT2D eigenvalue weighted by molar-refractivity contribution is -0.161. The maximum absolute atomic E-state index is 12.7. The smallest absolute Gasteiger partial charge is 0.462 e. The van der Waals surface area contributed by atoms with E-state index in [2.05, 4.69) is 184 Å². The van der Waals surface area contributed by atoms with Gasteiger partial charge < -0.3 is 20.1 Å². The van der Waals surface area contributed by atoms with Crippen molar-refractivity contribution in [3.63, 3.8) is 0 Å². The Kier molecular flexibility index (Phi) is 58.9. The van der Waals surface area contributed by atoms with Crippen molar-refractivity contribution in [3.8, 4) is 0 Å². The molecule has 9 nitrogen and oxygen atoms in total. The number of rotatable bonds is 55. The summed E-state index contributed by atoms with van der Waals surface area (Å²) in [6.45, 7) is 3.46. The molecule has 0 radical (unpaired) electrons. The summed E-state index contributed by atoms with van der Waals surface area (Å²) < 4.78 is 33.1. The van der Waals surface area contributed by atoms with Gasteiger partial charge in [0.1, 0.15) is 6.61 Å². The maximum atomic E-state index is 12.7. The highest BCUT2D eigenvalue weighted by molar-refractivity contribution is 7.47. The van der Waals surface area contributed by atoms with Crippen molar-refractivity contribution >= 4 is 19.8 Å². The molecule has 79 heavy (non-hydrogen) atoms. The molecule has 0 rings (SSSR count). The first-order valence-electron chi connectivity index (χ1n) is 30.6. The summed E-state index contributed by atoms with van der Waals surface area (Å²) in [5.41, 5.74) is 5.39. The zero-order chi connectivity index (χ0) is 57.3. The van der Waals surface area contributed by atoms with Crippen LogP contribution in [0.3, 0.4) is 0 Å². The molecule has 10 heteroatoms. The molecule has 0 aliphatic rings. The van der Waals surface area contributed by atoms with Crippen molar-refractivity contribution in [1.29, 1.82) is 0 Å². The molecule has 2 atom stereocenters. The van der Waals surface area contributed by atoms with E-state index in [0.29, 0.717) is 12.8 Å². The Labute approximate surface area is 482 Å². The number of esters is 2. The minimum Gasteiger partial charge on any atom is -0.462 e. The average molecular weight is 1110 g/mol. The summed E-state index contributed by atoms with van der Waals surface area (Å²) in [5, 5.41) is 0. The van der Waals surface area contributed by atoms with Crippen LogP contribution in [0.4, 0.5) is 0 Å².